The predicted molar refractivity (Wildman–Crippen MR) is 309 cm³/mol. The molecule has 0 aromatic carbocycles. The van der Waals surface area contributed by atoms with E-state index in [1.165, 1.54) is 103 Å². The second-order valence-electron chi connectivity index (χ2n) is 21.1. The SMILES string of the molecule is CC/C=C\C/C=C\C/C=C\C/C=C\CCCCCCCCCCCCCCC(=O)NC(COC1OC(CO)C(OC2OC(CO)C(O)C(O)C2O)C(O)C1O)C(O)/C=C/CC/C=C/CC/C=C/CCCCCCCCCC. The van der Waals surface area contributed by atoms with Crippen LogP contribution in [-0.4, -0.2) is 140 Å². The van der Waals surface area contributed by atoms with E-state index in [0.29, 0.717) is 12.8 Å². The van der Waals surface area contributed by atoms with Crippen LogP contribution in [0.5, 0.6) is 0 Å². The van der Waals surface area contributed by atoms with E-state index in [1.807, 2.05) is 6.08 Å². The number of allylic oxidation sites excluding steroid dienone is 13. The highest BCUT2D eigenvalue weighted by Crippen LogP contribution is 2.30. The Morgan fingerprint density at radius 2 is 0.909 bits per heavy atom. The minimum absolute atomic E-state index is 0.259. The van der Waals surface area contributed by atoms with Gasteiger partial charge in [0.2, 0.25) is 5.91 Å². The van der Waals surface area contributed by atoms with E-state index >= 15 is 0 Å². The lowest BCUT2D eigenvalue weighted by molar-refractivity contribution is -0.359. The summed E-state index contributed by atoms with van der Waals surface area (Å²) in [5.41, 5.74) is 0. The Morgan fingerprint density at radius 3 is 1.43 bits per heavy atom. The first kappa shape index (κ1) is 70.3. The first-order chi connectivity index (χ1) is 37.6. The zero-order valence-electron chi connectivity index (χ0n) is 47.7. The minimum atomic E-state index is -1.80. The highest BCUT2D eigenvalue weighted by molar-refractivity contribution is 5.76. The van der Waals surface area contributed by atoms with Crippen LogP contribution in [0, 0.1) is 0 Å². The van der Waals surface area contributed by atoms with E-state index in [9.17, 15) is 45.6 Å². The molecule has 2 rings (SSSR count). The topological polar surface area (TPSA) is 228 Å². The first-order valence-corrected chi connectivity index (χ1v) is 30.3. The maximum absolute atomic E-state index is 13.3. The number of aliphatic hydroxyl groups is 8. The van der Waals surface area contributed by atoms with Crippen molar-refractivity contribution in [2.75, 3.05) is 19.8 Å². The van der Waals surface area contributed by atoms with Gasteiger partial charge in [-0.05, 0) is 83.5 Å². The van der Waals surface area contributed by atoms with E-state index in [4.69, 9.17) is 18.9 Å². The number of rotatable bonds is 47. The van der Waals surface area contributed by atoms with Crippen LogP contribution in [-0.2, 0) is 23.7 Å². The molecule has 12 atom stereocenters. The Morgan fingerprint density at radius 1 is 0.481 bits per heavy atom. The molecule has 12 unspecified atom stereocenters. The van der Waals surface area contributed by atoms with Gasteiger partial charge in [0.25, 0.3) is 0 Å². The molecule has 1 amide bonds. The van der Waals surface area contributed by atoms with Crippen LogP contribution >= 0.6 is 0 Å². The van der Waals surface area contributed by atoms with E-state index in [1.54, 1.807) is 6.08 Å². The number of ether oxygens (including phenoxy) is 4. The molecule has 0 radical (unpaired) electrons. The van der Waals surface area contributed by atoms with Gasteiger partial charge in [-0.3, -0.25) is 4.79 Å². The number of amides is 1. The number of hydrogen-bond donors (Lipinski definition) is 9. The van der Waals surface area contributed by atoms with Gasteiger partial charge >= 0.3 is 0 Å². The van der Waals surface area contributed by atoms with Gasteiger partial charge < -0.3 is 65.1 Å². The molecule has 0 aromatic rings. The van der Waals surface area contributed by atoms with Gasteiger partial charge in [-0.1, -0.05) is 208 Å². The van der Waals surface area contributed by atoms with Crippen LogP contribution in [0.15, 0.2) is 85.1 Å². The maximum Gasteiger partial charge on any atom is 0.220 e. The van der Waals surface area contributed by atoms with Crippen molar-refractivity contribution in [2.24, 2.45) is 0 Å². The number of carbonyl (C=O) groups excluding carboxylic acids is 1. The van der Waals surface area contributed by atoms with Gasteiger partial charge in [0.15, 0.2) is 12.6 Å². The lowest BCUT2D eigenvalue weighted by atomic mass is 9.97. The third kappa shape index (κ3) is 33.5. The van der Waals surface area contributed by atoms with Crippen molar-refractivity contribution in [3.8, 4) is 0 Å². The second kappa shape index (κ2) is 47.9. The van der Waals surface area contributed by atoms with Crippen molar-refractivity contribution in [3.05, 3.63) is 85.1 Å². The lowest BCUT2D eigenvalue weighted by Crippen LogP contribution is -2.65. The summed E-state index contributed by atoms with van der Waals surface area (Å²) < 4.78 is 22.8. The Kier molecular flexibility index (Phi) is 43.7. The van der Waals surface area contributed by atoms with Gasteiger partial charge in [-0.25, -0.2) is 0 Å². The quantitative estimate of drug-likeness (QED) is 0.0204. The van der Waals surface area contributed by atoms with E-state index < -0.39 is 86.8 Å². The molecule has 2 saturated heterocycles. The molecule has 2 aliphatic heterocycles. The summed E-state index contributed by atoms with van der Waals surface area (Å²) >= 11 is 0. The standard InChI is InChI=1S/C63H109NO13/c1-3-5-7-9-11-13-15-17-19-21-23-24-25-26-27-28-29-31-33-35-37-39-41-43-45-47-55(68)64-51(52(67)46-44-42-40-38-36-34-32-30-22-20-18-16-14-12-10-8-6-4-2)50-74-62-60(73)58(71)61(54(49-66)76-62)77-63-59(72)57(70)56(69)53(48-65)75-63/h5,7,11,13,17,19,22-24,30,36,38,44,46,51-54,56-63,65-67,69-73H,3-4,6,8-10,12,14-16,18,20-21,25-29,31-35,37,39-43,45,47-50H2,1-2H3,(H,64,68)/b7-5-,13-11-,19-17-,24-23-,30-22+,38-36+,46-44+. The van der Waals surface area contributed by atoms with Crippen molar-refractivity contribution in [1.29, 1.82) is 0 Å². The molecule has 14 heteroatoms. The van der Waals surface area contributed by atoms with Gasteiger partial charge in [0.05, 0.1) is 32.0 Å². The number of aliphatic hydroxyl groups excluding tert-OH is 8. The summed E-state index contributed by atoms with van der Waals surface area (Å²) in [4.78, 5) is 13.3. The summed E-state index contributed by atoms with van der Waals surface area (Å²) in [6, 6.07) is -0.944. The van der Waals surface area contributed by atoms with Crippen LogP contribution < -0.4 is 5.32 Å². The van der Waals surface area contributed by atoms with Crippen LogP contribution in [0.1, 0.15) is 213 Å². The Bertz CT molecular complexity index is 1610. The van der Waals surface area contributed by atoms with Crippen LogP contribution in [0.2, 0.25) is 0 Å². The fraction of sp³-hybridized carbons (Fsp3) is 0.762. The van der Waals surface area contributed by atoms with Gasteiger partial charge in [-0.15, -0.1) is 0 Å². The van der Waals surface area contributed by atoms with Crippen molar-refractivity contribution in [2.45, 2.75) is 286 Å². The first-order valence-electron chi connectivity index (χ1n) is 30.3. The summed E-state index contributed by atoms with van der Waals surface area (Å²) in [6.45, 7) is 2.65. The highest BCUT2D eigenvalue weighted by atomic mass is 16.7. The number of hydrogen-bond acceptors (Lipinski definition) is 13. The molecule has 2 fully saturated rings. The average molecular weight is 1090 g/mol. The summed E-state index contributed by atoms with van der Waals surface area (Å²) in [5.74, 6) is -0.259. The van der Waals surface area contributed by atoms with E-state index in [2.05, 4.69) is 92.1 Å². The molecule has 2 aliphatic rings. The molecular formula is C63H109NO13. The monoisotopic (exact) mass is 1090 g/mol. The van der Waals surface area contributed by atoms with Crippen molar-refractivity contribution >= 4 is 5.91 Å². The van der Waals surface area contributed by atoms with E-state index in [-0.39, 0.29) is 18.9 Å². The van der Waals surface area contributed by atoms with Gasteiger partial charge in [0.1, 0.15) is 48.8 Å². The number of carbonyl (C=O) groups is 1. The molecule has 0 bridgehead atoms. The highest BCUT2D eigenvalue weighted by Gasteiger charge is 2.51. The molecule has 0 aliphatic carbocycles. The van der Waals surface area contributed by atoms with E-state index in [0.717, 1.165) is 77.0 Å². The fourth-order valence-corrected chi connectivity index (χ4v) is 9.43. The van der Waals surface area contributed by atoms with Crippen molar-refractivity contribution in [3.63, 3.8) is 0 Å². The molecule has 77 heavy (non-hydrogen) atoms. The lowest BCUT2D eigenvalue weighted by Gasteiger charge is -2.46. The molecular weight excluding hydrogens is 979 g/mol. The number of unbranched alkanes of at least 4 members (excludes halogenated alkanes) is 22. The third-order valence-electron chi connectivity index (χ3n) is 14.3. The van der Waals surface area contributed by atoms with Crippen LogP contribution in [0.25, 0.3) is 0 Å². The molecule has 14 nitrogen and oxygen atoms in total. The predicted octanol–water partition coefficient (Wildman–Crippen LogP) is 10.5. The summed E-state index contributed by atoms with van der Waals surface area (Å²) in [5, 5.41) is 87.1. The van der Waals surface area contributed by atoms with Crippen LogP contribution in [0.4, 0.5) is 0 Å². The Hall–Kier alpha value is -2.83. The molecule has 2 heterocycles. The number of nitrogens with one attached hydrogen (secondary N) is 1. The smallest absolute Gasteiger partial charge is 0.220 e. The fourth-order valence-electron chi connectivity index (χ4n) is 9.43. The molecule has 0 saturated carbocycles. The Balaban J connectivity index is 1.77. The maximum atomic E-state index is 13.3. The van der Waals surface area contributed by atoms with Crippen molar-refractivity contribution in [1.82, 2.24) is 5.32 Å². The largest absolute Gasteiger partial charge is 0.394 e. The summed E-state index contributed by atoms with van der Waals surface area (Å²) in [6.07, 6.45) is 47.6. The molecule has 0 aromatic heterocycles. The third-order valence-corrected chi connectivity index (χ3v) is 14.3. The summed E-state index contributed by atoms with van der Waals surface area (Å²) in [7, 11) is 0. The normalized spacial score (nSPS) is 25.3. The zero-order chi connectivity index (χ0) is 56.0. The Labute approximate surface area is 465 Å². The molecule has 0 spiro atoms. The minimum Gasteiger partial charge on any atom is -0.394 e. The van der Waals surface area contributed by atoms with Gasteiger partial charge in [-0.2, -0.15) is 0 Å². The van der Waals surface area contributed by atoms with Crippen LogP contribution in [0.3, 0.4) is 0 Å². The molecule has 9 N–H and O–H groups in total. The zero-order valence-corrected chi connectivity index (χ0v) is 47.7. The molecule has 444 valence electrons. The van der Waals surface area contributed by atoms with Gasteiger partial charge in [0, 0.05) is 6.42 Å². The average Bonchev–Trinajstić information content (AvgIpc) is 3.44. The van der Waals surface area contributed by atoms with Crippen molar-refractivity contribution < 1.29 is 64.6 Å². The second-order valence-corrected chi connectivity index (χ2v) is 21.1.